The number of nitrogens with two attached hydrogens (primary N) is 2. The fraction of sp³-hybridized carbons (Fsp3) is 0.286. The van der Waals surface area contributed by atoms with E-state index in [2.05, 4.69) is 50.7 Å². The molecule has 0 unspecified atom stereocenters. The first-order valence-electron chi connectivity index (χ1n) is 7.55. The fourth-order valence-corrected chi connectivity index (χ4v) is 1.74. The van der Waals surface area contributed by atoms with Crippen molar-refractivity contribution in [3.63, 3.8) is 0 Å². The molecule has 0 aliphatic carbocycles. The van der Waals surface area contributed by atoms with Gasteiger partial charge in [-0.3, -0.25) is 0 Å². The van der Waals surface area contributed by atoms with Crippen LogP contribution in [-0.2, 0) is 12.4 Å². The second-order valence-electron chi connectivity index (χ2n) is 4.17. The van der Waals surface area contributed by atoms with Gasteiger partial charge in [0.1, 0.15) is 11.6 Å². The number of nitrogen functional groups attached to an aromatic ring is 2. The summed E-state index contributed by atoms with van der Waals surface area (Å²) in [5.74, 6) is -0.273. The number of thiol groups is 1. The van der Waals surface area contributed by atoms with Crippen LogP contribution >= 0.6 is 28.7 Å². The Balaban J connectivity index is 0. The fourth-order valence-electron chi connectivity index (χ4n) is 1.30. The molecule has 2 rings (SSSR count). The molecule has 0 aliphatic rings. The maximum absolute atomic E-state index is 12.1. The first kappa shape index (κ1) is 26.2. The topological polar surface area (TPSA) is 90.2 Å². The van der Waals surface area contributed by atoms with Gasteiger partial charge in [-0.25, -0.2) is 9.97 Å². The van der Waals surface area contributed by atoms with E-state index in [0.717, 1.165) is 30.6 Å². The van der Waals surface area contributed by atoms with Crippen molar-refractivity contribution >= 4 is 48.0 Å². The van der Waals surface area contributed by atoms with Gasteiger partial charge in [-0.2, -0.15) is 26.3 Å². The van der Waals surface area contributed by atoms with Crippen LogP contribution < -0.4 is 11.5 Å². The Kier molecular flexibility index (Phi) is 12.5. The standard InChI is InChI=1S/C6H4BrF3N2.C6H5F3N2.C2H6.BHNS/c7-4-2-12-5(11)1-3(4)6(8,9)10;7-6(8,9)4-1-2-11-5(10)3-4;1-2;1-2-3/h1-2H,(H2,11,12);1-3H,(H2,10,11);1-2H3;3H/i;;1D;. The van der Waals surface area contributed by atoms with Crippen molar-refractivity contribution in [2.45, 2.75) is 26.2 Å². The van der Waals surface area contributed by atoms with E-state index in [1.807, 2.05) is 0 Å². The minimum atomic E-state index is -4.39. The van der Waals surface area contributed by atoms with Crippen molar-refractivity contribution in [2.75, 3.05) is 11.5 Å². The van der Waals surface area contributed by atoms with Crippen LogP contribution in [-0.4, -0.2) is 17.6 Å². The van der Waals surface area contributed by atoms with Crippen LogP contribution in [0.15, 0.2) is 39.4 Å². The van der Waals surface area contributed by atoms with E-state index in [4.69, 9.17) is 12.8 Å². The first-order chi connectivity index (χ1) is 13.2. The summed E-state index contributed by atoms with van der Waals surface area (Å²) in [6, 6.07) is 2.44. The average Bonchev–Trinajstić information content (AvgIpc) is 2.57. The van der Waals surface area contributed by atoms with E-state index in [1.54, 1.807) is 6.92 Å². The Morgan fingerprint density at radius 2 is 1.57 bits per heavy atom. The zero-order valence-electron chi connectivity index (χ0n) is 15.3. The molecule has 0 fully saturated rings. The summed E-state index contributed by atoms with van der Waals surface area (Å²) in [5.41, 5.74) is 8.55. The predicted molar refractivity (Wildman–Crippen MR) is 104 cm³/mol. The predicted octanol–water partition coefficient (Wildman–Crippen LogP) is 5.34. The van der Waals surface area contributed by atoms with Gasteiger partial charge in [0.25, 0.3) is 0 Å². The molecule has 0 atom stereocenters. The summed E-state index contributed by atoms with van der Waals surface area (Å²) in [6.07, 6.45) is -6.68. The first-order valence-corrected chi connectivity index (χ1v) is 8.04. The molecular formula is C14H16BBrF6N5S. The van der Waals surface area contributed by atoms with Crippen LogP contribution in [0.1, 0.15) is 26.3 Å². The van der Waals surface area contributed by atoms with E-state index in [0.29, 0.717) is 6.90 Å². The third-order valence-electron chi connectivity index (χ3n) is 2.29. The molecule has 4 N–H and O–H groups in total. The summed E-state index contributed by atoms with van der Waals surface area (Å²) < 4.78 is 80.8. The second kappa shape index (κ2) is 13.4. The van der Waals surface area contributed by atoms with Gasteiger partial charge in [0, 0.05) is 18.2 Å². The molecular weight excluding hydrogens is 475 g/mol. The van der Waals surface area contributed by atoms with Crippen molar-refractivity contribution in [1.29, 1.82) is 0 Å². The van der Waals surface area contributed by atoms with E-state index < -0.39 is 23.5 Å². The molecule has 28 heavy (non-hydrogen) atoms. The van der Waals surface area contributed by atoms with Crippen molar-refractivity contribution in [3.8, 4) is 0 Å². The third-order valence-corrected chi connectivity index (χ3v) is 2.92. The van der Waals surface area contributed by atoms with Crippen molar-refractivity contribution in [3.05, 3.63) is 46.2 Å². The van der Waals surface area contributed by atoms with Crippen molar-refractivity contribution in [2.24, 2.45) is 4.30 Å². The Bertz CT molecular complexity index is 751. The molecule has 1 radical (unpaired) electrons. The molecule has 2 aromatic heterocycles. The van der Waals surface area contributed by atoms with Gasteiger partial charge in [0.05, 0.1) is 11.1 Å². The quantitative estimate of drug-likeness (QED) is 0.263. The van der Waals surface area contributed by atoms with Crippen LogP contribution in [0.3, 0.4) is 0 Å². The molecule has 2 heterocycles. The summed E-state index contributed by atoms with van der Waals surface area (Å²) in [6.45, 7) is 2.29. The maximum atomic E-state index is 12.1. The number of halogens is 7. The molecule has 0 saturated carbocycles. The molecule has 5 nitrogen and oxygen atoms in total. The van der Waals surface area contributed by atoms with Crippen LogP contribution in [0, 0.1) is 0 Å². The van der Waals surface area contributed by atoms with Crippen molar-refractivity contribution < 1.29 is 27.7 Å². The zero-order chi connectivity index (χ0) is 23.3. The zero-order valence-corrected chi connectivity index (χ0v) is 16.7. The van der Waals surface area contributed by atoms with Gasteiger partial charge in [0.2, 0.25) is 0 Å². The van der Waals surface area contributed by atoms with Crippen LogP contribution in [0.25, 0.3) is 0 Å². The number of pyridine rings is 2. The van der Waals surface area contributed by atoms with Crippen LogP contribution in [0.4, 0.5) is 38.0 Å². The van der Waals surface area contributed by atoms with Gasteiger partial charge in [-0.05, 0) is 34.1 Å². The molecule has 155 valence electrons. The third kappa shape index (κ3) is 11.8. The Labute approximate surface area is 174 Å². The summed E-state index contributed by atoms with van der Waals surface area (Å²) in [7, 11) is 4.34. The molecule has 2 aromatic rings. The Morgan fingerprint density at radius 3 is 1.89 bits per heavy atom. The van der Waals surface area contributed by atoms with Gasteiger partial charge in [-0.15, -0.1) is 0 Å². The molecule has 0 aliphatic heterocycles. The number of rotatable bonds is 0. The monoisotopic (exact) mass is 491 g/mol. The number of nitrogens with zero attached hydrogens (tertiary/aromatic N) is 3. The van der Waals surface area contributed by atoms with Crippen LogP contribution in [0.2, 0.25) is 0 Å². The summed E-state index contributed by atoms with van der Waals surface area (Å²) in [5, 5.41) is 0. The van der Waals surface area contributed by atoms with Gasteiger partial charge >= 0.3 is 37.1 Å². The second-order valence-corrected chi connectivity index (χ2v) is 5.25. The summed E-state index contributed by atoms with van der Waals surface area (Å²) in [4.78, 5) is 6.91. The van der Waals surface area contributed by atoms with Crippen LogP contribution in [0.5, 0.6) is 0 Å². The van der Waals surface area contributed by atoms with Crippen molar-refractivity contribution in [1.82, 2.24) is 9.97 Å². The molecule has 0 bridgehead atoms. The number of hydrogen-bond donors (Lipinski definition) is 3. The molecule has 14 heteroatoms. The molecule has 0 aromatic carbocycles. The van der Waals surface area contributed by atoms with E-state index >= 15 is 0 Å². The van der Waals surface area contributed by atoms with Gasteiger partial charge < -0.3 is 11.5 Å². The number of aromatic nitrogens is 2. The molecule has 0 spiro atoms. The van der Waals surface area contributed by atoms with E-state index in [1.165, 1.54) is 0 Å². The number of hydrogen-bond acceptors (Lipinski definition) is 6. The van der Waals surface area contributed by atoms with Gasteiger partial charge in [-0.1, -0.05) is 13.8 Å². The Hall–Kier alpha value is -1.83. The normalized spacial score (nSPS) is 10.6. The summed E-state index contributed by atoms with van der Waals surface area (Å²) >= 11 is 5.92. The Morgan fingerprint density at radius 1 is 1.11 bits per heavy atom. The number of alkyl halides is 6. The molecule has 0 amide bonds. The SMILES string of the molecule is Nc1cc(C(F)(F)F)c(Br)cn1.Nc1cc(C(F)(F)F)ccn1.[2H]CC.[B]=NS. The van der Waals surface area contributed by atoms with E-state index in [-0.39, 0.29) is 16.1 Å². The minimum absolute atomic E-state index is 0.107. The van der Waals surface area contributed by atoms with E-state index in [9.17, 15) is 26.3 Å². The van der Waals surface area contributed by atoms with Gasteiger partial charge in [0.15, 0.2) is 0 Å². The molecule has 0 saturated heterocycles. The average molecular weight is 492 g/mol. The number of anilines is 2.